The minimum Gasteiger partial charge on any atom is -0.497 e. The molecular weight excluding hydrogens is 536 g/mol. The van der Waals surface area contributed by atoms with E-state index in [0.717, 1.165) is 4.31 Å². The number of carbonyl (C=O) groups is 1. The van der Waals surface area contributed by atoms with Gasteiger partial charge in [-0.3, -0.25) is 5.32 Å². The molecule has 1 aromatic heterocycles. The largest absolute Gasteiger partial charge is 0.497 e. The van der Waals surface area contributed by atoms with Gasteiger partial charge in [-0.15, -0.1) is 0 Å². The monoisotopic (exact) mass is 566 g/mol. The number of methoxy groups -OCH3 is 2. The molecule has 210 valence electrons. The molecule has 1 amide bonds. The summed E-state index contributed by atoms with van der Waals surface area (Å²) in [6.45, 7) is 0.765. The number of thiol groups is 1. The number of para-hydroxylation sites is 2. The SMILES string of the molecule is COc1cc(Nc2nc3ccccc3nc2N(c2cccc(NC(=O)OCCN(C)C)c2)[SH](=O)=O)cc(OC)c1. The molecule has 4 rings (SSSR count). The van der Waals surface area contributed by atoms with Gasteiger partial charge in [-0.05, 0) is 44.4 Å². The third kappa shape index (κ3) is 7.07. The van der Waals surface area contributed by atoms with Crippen molar-refractivity contribution in [1.29, 1.82) is 0 Å². The fourth-order valence-electron chi connectivity index (χ4n) is 3.72. The second-order valence-corrected chi connectivity index (χ2v) is 9.65. The third-order valence-electron chi connectivity index (χ3n) is 5.64. The summed E-state index contributed by atoms with van der Waals surface area (Å²) in [6, 6.07) is 18.6. The number of benzene rings is 3. The molecule has 0 aliphatic heterocycles. The van der Waals surface area contributed by atoms with Crippen LogP contribution in [0.4, 0.5) is 33.5 Å². The van der Waals surface area contributed by atoms with Crippen molar-refractivity contribution in [2.75, 3.05) is 56.4 Å². The Bertz CT molecular complexity index is 1550. The van der Waals surface area contributed by atoms with Gasteiger partial charge in [0.25, 0.3) is 0 Å². The molecule has 1 heterocycles. The second kappa shape index (κ2) is 13.0. The van der Waals surface area contributed by atoms with Crippen LogP contribution < -0.4 is 24.4 Å². The van der Waals surface area contributed by atoms with Crippen molar-refractivity contribution in [2.45, 2.75) is 0 Å². The molecule has 0 saturated carbocycles. The minimum absolute atomic E-state index is 0.0299. The van der Waals surface area contributed by atoms with E-state index in [4.69, 9.17) is 14.2 Å². The number of nitrogens with one attached hydrogen (secondary N) is 2. The average Bonchev–Trinajstić information content (AvgIpc) is 2.93. The van der Waals surface area contributed by atoms with Crippen LogP contribution in [0.1, 0.15) is 0 Å². The van der Waals surface area contributed by atoms with E-state index >= 15 is 0 Å². The zero-order valence-corrected chi connectivity index (χ0v) is 23.3. The summed E-state index contributed by atoms with van der Waals surface area (Å²) in [5.74, 6) is 1.26. The Kier molecular flexibility index (Phi) is 9.19. The highest BCUT2D eigenvalue weighted by Crippen LogP contribution is 2.35. The first-order chi connectivity index (χ1) is 19.3. The minimum atomic E-state index is -3.24. The number of fused-ring (bicyclic) bond motifs is 1. The Balaban J connectivity index is 1.74. The second-order valence-electron chi connectivity index (χ2n) is 8.78. The molecule has 0 radical (unpaired) electrons. The van der Waals surface area contributed by atoms with Crippen LogP contribution in [0.2, 0.25) is 0 Å². The van der Waals surface area contributed by atoms with E-state index in [1.165, 1.54) is 20.3 Å². The summed E-state index contributed by atoms with van der Waals surface area (Å²) in [4.78, 5) is 23.4. The first-order valence-electron chi connectivity index (χ1n) is 12.2. The van der Waals surface area contributed by atoms with E-state index in [1.807, 2.05) is 25.1 Å². The molecule has 0 aliphatic rings. The van der Waals surface area contributed by atoms with Gasteiger partial charge in [-0.1, -0.05) is 18.2 Å². The van der Waals surface area contributed by atoms with Crippen molar-refractivity contribution < 1.29 is 27.4 Å². The molecule has 12 nitrogen and oxygen atoms in total. The number of carbonyl (C=O) groups excluding carboxylic acids is 1. The maximum atomic E-state index is 12.7. The predicted octanol–water partition coefficient (Wildman–Crippen LogP) is 4.17. The van der Waals surface area contributed by atoms with Gasteiger partial charge in [0.15, 0.2) is 11.6 Å². The van der Waals surface area contributed by atoms with Crippen molar-refractivity contribution in [3.63, 3.8) is 0 Å². The Morgan fingerprint density at radius 2 is 1.55 bits per heavy atom. The van der Waals surface area contributed by atoms with E-state index in [1.54, 1.807) is 54.6 Å². The van der Waals surface area contributed by atoms with Gasteiger partial charge < -0.3 is 24.4 Å². The molecule has 40 heavy (non-hydrogen) atoms. The average molecular weight is 567 g/mol. The van der Waals surface area contributed by atoms with E-state index in [0.29, 0.717) is 40.5 Å². The van der Waals surface area contributed by atoms with E-state index < -0.39 is 17.0 Å². The highest BCUT2D eigenvalue weighted by atomic mass is 32.2. The van der Waals surface area contributed by atoms with Crippen molar-refractivity contribution >= 4 is 56.7 Å². The van der Waals surface area contributed by atoms with Gasteiger partial charge in [0, 0.05) is 36.1 Å². The van der Waals surface area contributed by atoms with Gasteiger partial charge in [0.2, 0.25) is 10.9 Å². The number of hydrogen-bond donors (Lipinski definition) is 3. The number of likely N-dealkylation sites (N-methyl/N-ethyl adjacent to an activating group) is 1. The topological polar surface area (TPSA) is 135 Å². The lowest BCUT2D eigenvalue weighted by Crippen LogP contribution is -2.22. The smallest absolute Gasteiger partial charge is 0.411 e. The molecule has 0 saturated heterocycles. The molecule has 3 aromatic carbocycles. The maximum Gasteiger partial charge on any atom is 0.411 e. The summed E-state index contributed by atoms with van der Waals surface area (Å²) in [5.41, 5.74) is 2.17. The van der Waals surface area contributed by atoms with Crippen LogP contribution in [0, 0.1) is 0 Å². The van der Waals surface area contributed by atoms with Crippen LogP contribution in [0.15, 0.2) is 66.7 Å². The van der Waals surface area contributed by atoms with Crippen molar-refractivity contribution in [2.24, 2.45) is 0 Å². The molecule has 0 fully saturated rings. The van der Waals surface area contributed by atoms with Crippen LogP contribution in [0.5, 0.6) is 11.5 Å². The number of amides is 1. The van der Waals surface area contributed by atoms with E-state index in [-0.39, 0.29) is 23.9 Å². The highest BCUT2D eigenvalue weighted by Gasteiger charge is 2.21. The number of hydrogen-bond acceptors (Lipinski definition) is 10. The molecule has 0 atom stereocenters. The van der Waals surface area contributed by atoms with E-state index in [2.05, 4.69) is 20.6 Å². The highest BCUT2D eigenvalue weighted by molar-refractivity contribution is 7.74. The predicted molar refractivity (Wildman–Crippen MR) is 155 cm³/mol. The molecule has 4 aromatic rings. The number of ether oxygens (including phenoxy) is 3. The fourth-order valence-corrected chi connectivity index (χ4v) is 4.33. The molecule has 0 spiro atoms. The van der Waals surface area contributed by atoms with Gasteiger partial charge >= 0.3 is 6.09 Å². The van der Waals surface area contributed by atoms with Crippen LogP contribution in [0.3, 0.4) is 0 Å². The number of aromatic nitrogens is 2. The number of nitrogens with zero attached hydrogens (tertiary/aromatic N) is 4. The summed E-state index contributed by atoms with van der Waals surface area (Å²) >= 11 is 0. The van der Waals surface area contributed by atoms with Crippen LogP contribution in [0.25, 0.3) is 11.0 Å². The van der Waals surface area contributed by atoms with Crippen molar-refractivity contribution in [3.05, 3.63) is 66.7 Å². The lowest BCUT2D eigenvalue weighted by molar-refractivity contribution is 0.151. The van der Waals surface area contributed by atoms with Crippen molar-refractivity contribution in [1.82, 2.24) is 14.9 Å². The first kappa shape index (κ1) is 28.4. The van der Waals surface area contributed by atoms with Crippen molar-refractivity contribution in [3.8, 4) is 11.5 Å². The Labute approximate surface area is 233 Å². The molecular formula is C27H30N6O6S. The quantitative estimate of drug-likeness (QED) is 0.227. The summed E-state index contributed by atoms with van der Waals surface area (Å²) in [6.07, 6.45) is -0.656. The van der Waals surface area contributed by atoms with Gasteiger partial charge in [0.1, 0.15) is 18.1 Å². The van der Waals surface area contributed by atoms with Gasteiger partial charge in [0.05, 0.1) is 30.9 Å². The standard InChI is InChI=1S/C27H30N6O6S/c1-32(2)12-13-39-27(34)29-18-8-7-9-20(14-18)33(40(35)36)26-25(30-23-10-5-6-11-24(23)31-26)28-19-15-21(37-3)17-22(16-19)38-4/h5-11,14-17,40H,12-13H2,1-4H3,(H,28,30)(H,29,34). The Morgan fingerprint density at radius 3 is 2.17 bits per heavy atom. The normalized spacial score (nSPS) is 10.9. The first-order valence-corrected chi connectivity index (χ1v) is 13.3. The lowest BCUT2D eigenvalue weighted by Gasteiger charge is -2.21. The zero-order valence-electron chi connectivity index (χ0n) is 22.5. The molecule has 0 aliphatic carbocycles. The Hall–Kier alpha value is -4.62. The molecule has 0 bridgehead atoms. The Morgan fingerprint density at radius 1 is 0.875 bits per heavy atom. The summed E-state index contributed by atoms with van der Waals surface area (Å²) in [5, 5.41) is 5.79. The lowest BCUT2D eigenvalue weighted by atomic mass is 10.2. The number of anilines is 5. The van der Waals surface area contributed by atoms with E-state index in [9.17, 15) is 13.2 Å². The zero-order chi connectivity index (χ0) is 28.6. The molecule has 13 heteroatoms. The maximum absolute atomic E-state index is 12.7. The van der Waals surface area contributed by atoms with Crippen LogP contribution >= 0.6 is 0 Å². The molecule has 0 unspecified atom stereocenters. The number of rotatable bonds is 11. The van der Waals surface area contributed by atoms with Crippen LogP contribution in [-0.2, 0) is 15.6 Å². The van der Waals surface area contributed by atoms with Gasteiger partial charge in [-0.2, -0.15) is 0 Å². The summed E-state index contributed by atoms with van der Waals surface area (Å²) < 4.78 is 42.3. The van der Waals surface area contributed by atoms with Crippen LogP contribution in [-0.4, -0.2) is 70.8 Å². The summed E-state index contributed by atoms with van der Waals surface area (Å²) in [7, 11) is 3.56. The van der Waals surface area contributed by atoms with Gasteiger partial charge in [-0.25, -0.2) is 27.5 Å². The molecule has 2 N–H and O–H groups in total. The fraction of sp³-hybridized carbons (Fsp3) is 0.222. The third-order valence-corrected chi connectivity index (χ3v) is 6.39.